The van der Waals surface area contributed by atoms with Gasteiger partial charge in [-0.15, -0.1) is 10.2 Å². The van der Waals surface area contributed by atoms with Crippen LogP contribution in [0.5, 0.6) is 0 Å². The van der Waals surface area contributed by atoms with Gasteiger partial charge in [0.1, 0.15) is 11.6 Å². The van der Waals surface area contributed by atoms with Gasteiger partial charge in [-0.05, 0) is 37.1 Å². The number of halogens is 2. The first-order valence-electron chi connectivity index (χ1n) is 9.83. The molecule has 0 aliphatic carbocycles. The van der Waals surface area contributed by atoms with Crippen LogP contribution in [0.25, 0.3) is 0 Å². The standard InChI is InChI=1S/C22H24ClFN4S/c1-27-21(25-26-22(27)29-15-16-7-3-2-4-8-16)17-9-6-12-28(13-17)14-18-19(23)10-5-11-20(18)24/h2-5,7-8,10-11,17H,6,9,12-15H2,1H3/t17-/m1/s1. The first-order valence-corrected chi connectivity index (χ1v) is 11.2. The number of hydrogen-bond acceptors (Lipinski definition) is 4. The molecule has 1 fully saturated rings. The molecule has 0 bridgehead atoms. The number of hydrogen-bond donors (Lipinski definition) is 0. The first kappa shape index (κ1) is 20.4. The maximum absolute atomic E-state index is 14.2. The van der Waals surface area contributed by atoms with Crippen LogP contribution >= 0.6 is 23.4 Å². The lowest BCUT2D eigenvalue weighted by Crippen LogP contribution is -2.35. The predicted molar refractivity (Wildman–Crippen MR) is 116 cm³/mol. The van der Waals surface area contributed by atoms with E-state index in [4.69, 9.17) is 11.6 Å². The Balaban J connectivity index is 1.42. The lowest BCUT2D eigenvalue weighted by molar-refractivity contribution is 0.193. The lowest BCUT2D eigenvalue weighted by Gasteiger charge is -2.32. The molecule has 0 amide bonds. The Morgan fingerprint density at radius 2 is 1.97 bits per heavy atom. The molecule has 29 heavy (non-hydrogen) atoms. The largest absolute Gasteiger partial charge is 0.309 e. The third-order valence-electron chi connectivity index (χ3n) is 5.39. The average Bonchev–Trinajstić information content (AvgIpc) is 3.11. The second kappa shape index (κ2) is 9.28. The second-order valence-electron chi connectivity index (χ2n) is 7.45. The highest BCUT2D eigenvalue weighted by Gasteiger charge is 2.27. The summed E-state index contributed by atoms with van der Waals surface area (Å²) in [7, 11) is 2.04. The molecule has 4 rings (SSSR count). The molecule has 0 spiro atoms. The van der Waals surface area contributed by atoms with Gasteiger partial charge in [0.2, 0.25) is 0 Å². The molecule has 7 heteroatoms. The molecule has 4 nitrogen and oxygen atoms in total. The average molecular weight is 431 g/mol. The zero-order valence-corrected chi connectivity index (χ0v) is 18.0. The summed E-state index contributed by atoms with van der Waals surface area (Å²) in [5.74, 6) is 1.93. The van der Waals surface area contributed by atoms with Gasteiger partial charge in [0.05, 0.1) is 0 Å². The molecule has 1 aromatic heterocycles. The second-order valence-corrected chi connectivity index (χ2v) is 8.80. The smallest absolute Gasteiger partial charge is 0.191 e. The van der Waals surface area contributed by atoms with E-state index in [1.165, 1.54) is 11.6 Å². The fraction of sp³-hybridized carbons (Fsp3) is 0.364. The van der Waals surface area contributed by atoms with Gasteiger partial charge in [0, 0.05) is 42.4 Å². The molecule has 152 valence electrons. The Labute approximate surface area is 180 Å². The fourth-order valence-electron chi connectivity index (χ4n) is 3.85. The van der Waals surface area contributed by atoms with Crippen molar-refractivity contribution in [2.45, 2.75) is 36.2 Å². The summed E-state index contributed by atoms with van der Waals surface area (Å²) in [5.41, 5.74) is 1.85. The molecule has 0 saturated carbocycles. The molecular formula is C22H24ClFN4S. The fourth-order valence-corrected chi connectivity index (χ4v) is 4.94. The summed E-state index contributed by atoms with van der Waals surface area (Å²) in [4.78, 5) is 2.27. The SMILES string of the molecule is Cn1c(SCc2ccccc2)nnc1[C@@H]1CCCN(Cc2c(F)cccc2Cl)C1. The quantitative estimate of drug-likeness (QED) is 0.498. The number of piperidine rings is 1. The number of nitrogens with zero attached hydrogens (tertiary/aromatic N) is 4. The molecule has 0 radical (unpaired) electrons. The monoisotopic (exact) mass is 430 g/mol. The van der Waals surface area contributed by atoms with Gasteiger partial charge in [-0.25, -0.2) is 4.39 Å². The van der Waals surface area contributed by atoms with E-state index in [0.29, 0.717) is 17.1 Å². The van der Waals surface area contributed by atoms with Crippen LogP contribution in [0.2, 0.25) is 5.02 Å². The number of thioether (sulfide) groups is 1. The Morgan fingerprint density at radius 3 is 2.76 bits per heavy atom. The van der Waals surface area contributed by atoms with Gasteiger partial charge >= 0.3 is 0 Å². The van der Waals surface area contributed by atoms with Crippen LogP contribution in [0, 0.1) is 5.82 Å². The summed E-state index contributed by atoms with van der Waals surface area (Å²) in [6, 6.07) is 15.2. The topological polar surface area (TPSA) is 34.0 Å². The molecule has 1 saturated heterocycles. The lowest BCUT2D eigenvalue weighted by atomic mass is 9.96. The van der Waals surface area contributed by atoms with Crippen LogP contribution in [0.15, 0.2) is 53.7 Å². The highest BCUT2D eigenvalue weighted by atomic mass is 35.5. The molecule has 3 aromatic rings. The van der Waals surface area contributed by atoms with E-state index >= 15 is 0 Å². The van der Waals surface area contributed by atoms with E-state index in [1.54, 1.807) is 23.9 Å². The van der Waals surface area contributed by atoms with Crippen LogP contribution < -0.4 is 0 Å². The number of aromatic nitrogens is 3. The Morgan fingerprint density at radius 1 is 1.14 bits per heavy atom. The van der Waals surface area contributed by atoms with Gasteiger partial charge in [0.15, 0.2) is 5.16 Å². The van der Waals surface area contributed by atoms with Gasteiger partial charge in [-0.2, -0.15) is 0 Å². The Bertz CT molecular complexity index is 942. The van der Waals surface area contributed by atoms with Crippen molar-refractivity contribution in [2.24, 2.45) is 7.05 Å². The molecule has 2 heterocycles. The molecule has 1 aliphatic heterocycles. The molecule has 0 unspecified atom stereocenters. The highest BCUT2D eigenvalue weighted by Crippen LogP contribution is 2.30. The molecule has 1 atom stereocenters. The van der Waals surface area contributed by atoms with Crippen molar-refractivity contribution >= 4 is 23.4 Å². The van der Waals surface area contributed by atoms with E-state index in [2.05, 4.69) is 43.9 Å². The van der Waals surface area contributed by atoms with Gasteiger partial charge < -0.3 is 4.57 Å². The summed E-state index contributed by atoms with van der Waals surface area (Å²) in [5, 5.41) is 10.3. The minimum atomic E-state index is -0.238. The number of benzene rings is 2. The summed E-state index contributed by atoms with van der Waals surface area (Å²) in [6.45, 7) is 2.30. The number of likely N-dealkylation sites (tertiary alicyclic amines) is 1. The van der Waals surface area contributed by atoms with Crippen LogP contribution in [0.4, 0.5) is 4.39 Å². The van der Waals surface area contributed by atoms with E-state index in [9.17, 15) is 4.39 Å². The van der Waals surface area contributed by atoms with E-state index < -0.39 is 0 Å². The van der Waals surface area contributed by atoms with Gasteiger partial charge in [-0.1, -0.05) is 59.8 Å². The van der Waals surface area contributed by atoms with Crippen LogP contribution in [-0.4, -0.2) is 32.8 Å². The number of rotatable bonds is 6. The molecular weight excluding hydrogens is 407 g/mol. The first-order chi connectivity index (χ1) is 14.1. The van der Waals surface area contributed by atoms with Crippen molar-refractivity contribution in [3.05, 3.63) is 76.3 Å². The van der Waals surface area contributed by atoms with Crippen molar-refractivity contribution in [3.63, 3.8) is 0 Å². The van der Waals surface area contributed by atoms with E-state index in [-0.39, 0.29) is 11.7 Å². The maximum atomic E-state index is 14.2. The summed E-state index contributed by atoms with van der Waals surface area (Å²) < 4.78 is 16.3. The zero-order valence-electron chi connectivity index (χ0n) is 16.4. The van der Waals surface area contributed by atoms with Crippen LogP contribution in [0.3, 0.4) is 0 Å². The third kappa shape index (κ3) is 4.82. The van der Waals surface area contributed by atoms with Crippen molar-refractivity contribution in [2.75, 3.05) is 13.1 Å². The Hall–Kier alpha value is -1.89. The minimum absolute atomic E-state index is 0.238. The minimum Gasteiger partial charge on any atom is -0.309 e. The van der Waals surface area contributed by atoms with Crippen molar-refractivity contribution < 1.29 is 4.39 Å². The molecule has 2 aromatic carbocycles. The Kier molecular flexibility index (Phi) is 6.53. The maximum Gasteiger partial charge on any atom is 0.191 e. The highest BCUT2D eigenvalue weighted by molar-refractivity contribution is 7.98. The van der Waals surface area contributed by atoms with E-state index in [1.807, 2.05) is 13.1 Å². The van der Waals surface area contributed by atoms with Crippen molar-refractivity contribution in [3.8, 4) is 0 Å². The predicted octanol–water partition coefficient (Wildman–Crippen LogP) is 5.28. The van der Waals surface area contributed by atoms with Gasteiger partial charge in [-0.3, -0.25) is 4.90 Å². The molecule has 1 aliphatic rings. The van der Waals surface area contributed by atoms with Crippen molar-refractivity contribution in [1.82, 2.24) is 19.7 Å². The third-order valence-corrected chi connectivity index (χ3v) is 6.84. The zero-order chi connectivity index (χ0) is 20.2. The van der Waals surface area contributed by atoms with Crippen LogP contribution in [-0.2, 0) is 19.3 Å². The molecule has 0 N–H and O–H groups in total. The summed E-state index contributed by atoms with van der Waals surface area (Å²) in [6.07, 6.45) is 2.12. The van der Waals surface area contributed by atoms with Gasteiger partial charge in [0.25, 0.3) is 0 Å². The van der Waals surface area contributed by atoms with E-state index in [0.717, 1.165) is 42.7 Å². The normalized spacial score (nSPS) is 17.6. The van der Waals surface area contributed by atoms with Crippen molar-refractivity contribution in [1.29, 1.82) is 0 Å². The van der Waals surface area contributed by atoms with Crippen LogP contribution in [0.1, 0.15) is 35.7 Å². The summed E-state index contributed by atoms with van der Waals surface area (Å²) >= 11 is 7.92.